The number of anilines is 2. The highest BCUT2D eigenvalue weighted by Gasteiger charge is 2.35. The number of alkyl halides is 2. The van der Waals surface area contributed by atoms with Crippen LogP contribution >= 0.6 is 0 Å². The van der Waals surface area contributed by atoms with Gasteiger partial charge in [-0.3, -0.25) is 9.52 Å². The van der Waals surface area contributed by atoms with Crippen LogP contribution in [-0.4, -0.2) is 32.2 Å². The first-order chi connectivity index (χ1) is 18.0. The van der Waals surface area contributed by atoms with Gasteiger partial charge in [-0.25, -0.2) is 8.42 Å². The summed E-state index contributed by atoms with van der Waals surface area (Å²) in [5, 5.41) is 21.1. The molecule has 9 nitrogen and oxygen atoms in total. The fourth-order valence-corrected chi connectivity index (χ4v) is 4.28. The molecule has 0 spiro atoms. The van der Waals surface area contributed by atoms with Gasteiger partial charge in [0.05, 0.1) is 23.6 Å². The molecule has 1 amide bonds. The van der Waals surface area contributed by atoms with Crippen molar-refractivity contribution in [2.45, 2.75) is 5.92 Å². The number of fused-ring (bicyclic) bond motifs is 1. The first-order valence-electron chi connectivity index (χ1n) is 10.9. The predicted molar refractivity (Wildman–Crippen MR) is 136 cm³/mol. The molecular weight excluding hydrogens is 516 g/mol. The quantitative estimate of drug-likeness (QED) is 0.298. The number of nitrogens with zero attached hydrogens (tertiary/aromatic N) is 2. The molecule has 0 radical (unpaired) electrons. The van der Waals surface area contributed by atoms with Gasteiger partial charge in [-0.05, 0) is 42.5 Å². The van der Waals surface area contributed by atoms with Crippen LogP contribution < -0.4 is 14.8 Å². The van der Waals surface area contributed by atoms with Crippen LogP contribution in [0.25, 0.3) is 10.9 Å². The average molecular weight is 536 g/mol. The molecule has 192 valence electrons. The van der Waals surface area contributed by atoms with Crippen molar-refractivity contribution in [1.82, 2.24) is 4.98 Å². The minimum Gasteiger partial charge on any atom is -0.479 e. The van der Waals surface area contributed by atoms with Crippen molar-refractivity contribution >= 4 is 38.2 Å². The minimum absolute atomic E-state index is 0.0189. The number of carbonyl (C=O) groups is 1. The van der Waals surface area contributed by atoms with Crippen molar-refractivity contribution in [3.05, 3.63) is 89.1 Å². The summed E-state index contributed by atoms with van der Waals surface area (Å²) in [6.07, 6.45) is 1.01. The summed E-state index contributed by atoms with van der Waals surface area (Å²) in [4.78, 5) is 15.8. The number of ether oxygens (including phenoxy) is 1. The van der Waals surface area contributed by atoms with Gasteiger partial charge in [0, 0.05) is 33.8 Å². The number of hydrogen-bond acceptors (Lipinski definition) is 6. The smallest absolute Gasteiger partial charge is 0.298 e. The van der Waals surface area contributed by atoms with Crippen LogP contribution in [0.4, 0.5) is 20.2 Å². The van der Waals surface area contributed by atoms with Gasteiger partial charge >= 0.3 is 0 Å². The molecule has 4 rings (SSSR count). The molecule has 1 aromatic heterocycles. The lowest BCUT2D eigenvalue weighted by Crippen LogP contribution is -2.17. The van der Waals surface area contributed by atoms with E-state index in [1.165, 1.54) is 42.5 Å². The molecule has 0 atom stereocenters. The normalized spacial score (nSPS) is 11.4. The molecule has 0 aliphatic rings. The third-order valence-electron chi connectivity index (χ3n) is 5.35. The Labute approximate surface area is 216 Å². The minimum atomic E-state index is -3.55. The van der Waals surface area contributed by atoms with Crippen molar-refractivity contribution in [1.29, 1.82) is 10.5 Å². The molecule has 0 unspecified atom stereocenters. The van der Waals surface area contributed by atoms with Crippen LogP contribution in [0.2, 0.25) is 0 Å². The number of carbonyl (C=O) groups excluding carboxylic acids is 1. The van der Waals surface area contributed by atoms with Gasteiger partial charge in [0.1, 0.15) is 17.5 Å². The van der Waals surface area contributed by atoms with Crippen LogP contribution in [0.1, 0.15) is 27.2 Å². The van der Waals surface area contributed by atoms with E-state index in [9.17, 15) is 13.2 Å². The van der Waals surface area contributed by atoms with E-state index in [4.69, 9.17) is 15.3 Å². The van der Waals surface area contributed by atoms with Crippen molar-refractivity contribution in [2.24, 2.45) is 0 Å². The highest BCUT2D eigenvalue weighted by molar-refractivity contribution is 7.92. The summed E-state index contributed by atoms with van der Waals surface area (Å²) in [5.41, 5.74) is -0.0549. The summed E-state index contributed by atoms with van der Waals surface area (Å²) in [7, 11) is -3.50. The van der Waals surface area contributed by atoms with Crippen molar-refractivity contribution < 1.29 is 26.7 Å². The number of H-pyrrole nitrogens is 1. The summed E-state index contributed by atoms with van der Waals surface area (Å²) >= 11 is 0. The highest BCUT2D eigenvalue weighted by atomic mass is 32.2. The van der Waals surface area contributed by atoms with Crippen molar-refractivity contribution in [3.63, 3.8) is 0 Å². The molecule has 12 heteroatoms. The molecule has 0 saturated heterocycles. The number of amides is 1. The van der Waals surface area contributed by atoms with Gasteiger partial charge in [0.2, 0.25) is 10.0 Å². The monoisotopic (exact) mass is 535 g/mol. The zero-order valence-electron chi connectivity index (χ0n) is 19.7. The van der Waals surface area contributed by atoms with E-state index in [0.717, 1.165) is 24.5 Å². The van der Waals surface area contributed by atoms with E-state index in [2.05, 4.69) is 15.0 Å². The zero-order valence-corrected chi connectivity index (χ0v) is 20.6. The second-order valence-electron chi connectivity index (χ2n) is 8.27. The van der Waals surface area contributed by atoms with Gasteiger partial charge in [0.15, 0.2) is 6.61 Å². The second kappa shape index (κ2) is 10.2. The lowest BCUT2D eigenvalue weighted by molar-refractivity contribution is 0.0426. The number of aromatic nitrogens is 1. The molecule has 4 aromatic rings. The van der Waals surface area contributed by atoms with E-state index in [1.54, 1.807) is 12.1 Å². The molecule has 3 N–H and O–H groups in total. The second-order valence-corrected chi connectivity index (χ2v) is 10.0. The number of aromatic amines is 1. The van der Waals surface area contributed by atoms with Gasteiger partial charge in [-0.15, -0.1) is 0 Å². The molecule has 0 bridgehead atoms. The SMILES string of the molecule is CS(=O)(=O)Nc1ccc2cc(C(=O)Nc3cc(OCC#N)cc(C(F)(F)c4cccc(C#N)c4)c3)[nH]c2c1. The lowest BCUT2D eigenvalue weighted by Gasteiger charge is -2.19. The Balaban J connectivity index is 1.67. The maximum absolute atomic E-state index is 15.4. The van der Waals surface area contributed by atoms with E-state index in [0.29, 0.717) is 16.6 Å². The van der Waals surface area contributed by atoms with Crippen LogP contribution in [0.5, 0.6) is 5.75 Å². The van der Waals surface area contributed by atoms with Gasteiger partial charge in [-0.2, -0.15) is 19.3 Å². The Morgan fingerprint density at radius 3 is 2.53 bits per heavy atom. The highest BCUT2D eigenvalue weighted by Crippen LogP contribution is 2.39. The van der Waals surface area contributed by atoms with E-state index >= 15 is 8.78 Å². The lowest BCUT2D eigenvalue weighted by atomic mass is 9.98. The Bertz CT molecular complexity index is 1740. The van der Waals surface area contributed by atoms with Crippen LogP contribution in [-0.2, 0) is 15.9 Å². The number of halogens is 2. The van der Waals surface area contributed by atoms with Crippen molar-refractivity contribution in [3.8, 4) is 17.9 Å². The molecule has 1 heterocycles. The molecule has 0 aliphatic carbocycles. The summed E-state index contributed by atoms with van der Waals surface area (Å²) in [6.45, 7) is -0.405. The number of nitrogens with one attached hydrogen (secondary N) is 3. The number of nitriles is 2. The third-order valence-corrected chi connectivity index (χ3v) is 5.96. The Morgan fingerprint density at radius 1 is 1.03 bits per heavy atom. The molecule has 0 aliphatic heterocycles. The first kappa shape index (κ1) is 26.1. The molecule has 0 saturated carbocycles. The molecular formula is C26H19F2N5O4S. The number of benzene rings is 3. The summed E-state index contributed by atoms with van der Waals surface area (Å²) in [5.74, 6) is -4.27. The zero-order chi connectivity index (χ0) is 27.5. The van der Waals surface area contributed by atoms with E-state index in [-0.39, 0.29) is 22.7 Å². The topological polar surface area (TPSA) is 148 Å². The Hall–Kier alpha value is -4.94. The average Bonchev–Trinajstić information content (AvgIpc) is 3.30. The van der Waals surface area contributed by atoms with Crippen molar-refractivity contribution in [2.75, 3.05) is 22.9 Å². The first-order valence-corrected chi connectivity index (χ1v) is 12.8. The van der Waals surface area contributed by atoms with Crippen LogP contribution in [0.15, 0.2) is 66.7 Å². The Kier molecular flexibility index (Phi) is 7.02. The maximum atomic E-state index is 15.4. The van der Waals surface area contributed by atoms with Gasteiger partial charge < -0.3 is 15.0 Å². The Morgan fingerprint density at radius 2 is 1.82 bits per heavy atom. The van der Waals surface area contributed by atoms with Gasteiger partial charge in [0.25, 0.3) is 11.8 Å². The largest absolute Gasteiger partial charge is 0.479 e. The third kappa shape index (κ3) is 5.88. The molecule has 38 heavy (non-hydrogen) atoms. The number of rotatable bonds is 8. The van der Waals surface area contributed by atoms with Gasteiger partial charge in [-0.1, -0.05) is 18.2 Å². The fourth-order valence-electron chi connectivity index (χ4n) is 3.73. The van der Waals surface area contributed by atoms with E-state index in [1.807, 2.05) is 6.07 Å². The number of hydrogen-bond donors (Lipinski definition) is 3. The predicted octanol–water partition coefficient (Wildman–Crippen LogP) is 4.71. The maximum Gasteiger partial charge on any atom is 0.298 e. The standard InChI is InChI=1S/C26H19F2N5O4S/c1-38(35,36)33-20-6-5-17-10-24(32-23(17)14-20)25(34)31-21-11-19(12-22(13-21)37-8-7-29)26(27,28)18-4-2-3-16(9-18)15-30/h2-6,9-14,32-33H,8H2,1H3,(H,31,34). The number of sulfonamides is 1. The summed E-state index contributed by atoms with van der Waals surface area (Å²) in [6, 6.07) is 18.2. The molecule has 3 aromatic carbocycles. The summed E-state index contributed by atoms with van der Waals surface area (Å²) < 4.78 is 61.4. The van der Waals surface area contributed by atoms with Crippen LogP contribution in [0.3, 0.4) is 0 Å². The molecule has 0 fully saturated rings. The van der Waals surface area contributed by atoms with Crippen LogP contribution in [0, 0.1) is 22.7 Å². The van der Waals surface area contributed by atoms with E-state index < -0.39 is 39.6 Å². The fraction of sp³-hybridized carbons (Fsp3) is 0.115.